The van der Waals surface area contributed by atoms with Crippen molar-refractivity contribution in [2.24, 2.45) is 0 Å². The number of alkyl halides is 1. The van der Waals surface area contributed by atoms with Gasteiger partial charge in [0.1, 0.15) is 23.6 Å². The minimum absolute atomic E-state index is 0.0795. The molecule has 0 radical (unpaired) electrons. The van der Waals surface area contributed by atoms with E-state index >= 15 is 0 Å². The molecular weight excluding hydrogens is 715 g/mol. The fourth-order valence-electron chi connectivity index (χ4n) is 4.49. The highest BCUT2D eigenvalue weighted by Crippen LogP contribution is 2.37. The number of fused-ring (bicyclic) bond motifs is 1. The number of methoxy groups -OCH3 is 1. The Morgan fingerprint density at radius 2 is 1.33 bits per heavy atom. The van der Waals surface area contributed by atoms with Crippen molar-refractivity contribution in [3.05, 3.63) is 58.9 Å². The molecule has 3 aromatic rings. The largest absolute Gasteiger partial charge is 0.494 e. The van der Waals surface area contributed by atoms with Gasteiger partial charge in [-0.2, -0.15) is 0 Å². The molecule has 0 saturated carbocycles. The molecule has 13 nitrogen and oxygen atoms in total. The Morgan fingerprint density at radius 3 is 1.83 bits per heavy atom. The van der Waals surface area contributed by atoms with Crippen LogP contribution in [-0.4, -0.2) is 119 Å². The number of ether oxygens (including phenoxy) is 8. The quantitative estimate of drug-likeness (QED) is 0.0426. The SMILES string of the molecule is COc1c(C)c(C(=O)c2ccc(N)c(C(=O)O)c2)n2cccc(OCCOCCOCCOCCOCCOCCOCCI)c12. The lowest BCUT2D eigenvalue weighted by atomic mass is 10.0. The number of nitrogens with two attached hydrogens (primary N) is 1. The fraction of sp³-hybridized carbons (Fsp3) is 0.500. The molecular formula is C32H43IN2O11. The second-order valence-electron chi connectivity index (χ2n) is 9.75. The molecule has 3 N–H and O–H groups in total. The van der Waals surface area contributed by atoms with Crippen LogP contribution in [0.2, 0.25) is 0 Å². The molecule has 3 rings (SSSR count). The van der Waals surface area contributed by atoms with Crippen LogP contribution >= 0.6 is 22.6 Å². The van der Waals surface area contributed by atoms with E-state index in [-0.39, 0.29) is 29.2 Å². The number of aromatic carboxylic acids is 1. The summed E-state index contributed by atoms with van der Waals surface area (Å²) in [6.45, 7) is 8.02. The third-order valence-electron chi connectivity index (χ3n) is 6.64. The number of nitrogen functional groups attached to an aromatic ring is 1. The summed E-state index contributed by atoms with van der Waals surface area (Å²) in [6.07, 6.45) is 1.73. The Kier molecular flexibility index (Phi) is 17.1. The van der Waals surface area contributed by atoms with E-state index in [2.05, 4.69) is 22.6 Å². The van der Waals surface area contributed by atoms with Crippen LogP contribution in [0.5, 0.6) is 11.5 Å². The minimum atomic E-state index is -1.21. The van der Waals surface area contributed by atoms with E-state index in [1.54, 1.807) is 29.7 Å². The number of hydrogen-bond acceptors (Lipinski definition) is 11. The minimum Gasteiger partial charge on any atom is -0.494 e. The average molecular weight is 759 g/mol. The van der Waals surface area contributed by atoms with Gasteiger partial charge in [0.15, 0.2) is 5.75 Å². The maximum absolute atomic E-state index is 13.6. The molecule has 0 bridgehead atoms. The molecule has 0 spiro atoms. The number of halogens is 1. The summed E-state index contributed by atoms with van der Waals surface area (Å²) in [4.78, 5) is 25.1. The molecule has 0 amide bonds. The molecule has 1 aromatic carbocycles. The Hall–Kier alpha value is -2.99. The summed E-state index contributed by atoms with van der Waals surface area (Å²) in [6, 6.07) is 7.74. The molecule has 46 heavy (non-hydrogen) atoms. The number of aromatic nitrogens is 1. The van der Waals surface area contributed by atoms with Crippen molar-refractivity contribution < 1.29 is 52.6 Å². The van der Waals surface area contributed by atoms with E-state index in [4.69, 9.17) is 43.6 Å². The highest BCUT2D eigenvalue weighted by Gasteiger charge is 2.25. The molecule has 0 aliphatic heterocycles. The summed E-state index contributed by atoms with van der Waals surface area (Å²) in [5.41, 5.74) is 7.41. The Morgan fingerprint density at radius 1 is 0.804 bits per heavy atom. The molecule has 0 fully saturated rings. The van der Waals surface area contributed by atoms with Crippen LogP contribution in [0.3, 0.4) is 0 Å². The average Bonchev–Trinajstić information content (AvgIpc) is 3.34. The third kappa shape index (κ3) is 11.4. The predicted octanol–water partition coefficient (Wildman–Crippen LogP) is 3.68. The van der Waals surface area contributed by atoms with Gasteiger partial charge in [-0.25, -0.2) is 4.79 Å². The van der Waals surface area contributed by atoms with Gasteiger partial charge in [0.25, 0.3) is 0 Å². The Bertz CT molecular complexity index is 1380. The van der Waals surface area contributed by atoms with E-state index < -0.39 is 5.97 Å². The molecule has 0 unspecified atom stereocenters. The van der Waals surface area contributed by atoms with Crippen LogP contribution in [-0.2, 0) is 28.4 Å². The number of carbonyl (C=O) groups is 2. The van der Waals surface area contributed by atoms with Crippen molar-refractivity contribution in [3.8, 4) is 11.5 Å². The number of rotatable bonds is 25. The van der Waals surface area contributed by atoms with Crippen molar-refractivity contribution in [1.82, 2.24) is 4.40 Å². The molecule has 0 saturated heterocycles. The Balaban J connectivity index is 1.35. The summed E-state index contributed by atoms with van der Waals surface area (Å²) < 4.78 is 47.1. The van der Waals surface area contributed by atoms with Crippen LogP contribution in [0.25, 0.3) is 5.52 Å². The molecule has 254 valence electrons. The zero-order valence-corrected chi connectivity index (χ0v) is 28.5. The zero-order valence-electron chi connectivity index (χ0n) is 26.3. The summed E-state index contributed by atoms with van der Waals surface area (Å²) in [5, 5.41) is 9.44. The number of ketones is 1. The van der Waals surface area contributed by atoms with Gasteiger partial charge in [0.05, 0.1) is 92.0 Å². The van der Waals surface area contributed by atoms with Crippen LogP contribution in [0.15, 0.2) is 36.5 Å². The van der Waals surface area contributed by atoms with Crippen molar-refractivity contribution in [2.75, 3.05) is 103 Å². The number of anilines is 1. The highest BCUT2D eigenvalue weighted by molar-refractivity contribution is 14.1. The topological polar surface area (TPSA) is 159 Å². The number of benzene rings is 1. The van der Waals surface area contributed by atoms with Crippen LogP contribution in [0, 0.1) is 6.92 Å². The molecule has 14 heteroatoms. The standard InChI is InChI=1S/C32H43IN2O11/c1-23-28(30(36)24-5-6-26(34)25(22-24)32(37)38)35-8-3-4-27(29(35)31(23)39-2)46-21-20-45-19-18-44-17-16-43-15-14-42-13-12-41-11-10-40-9-7-33/h3-6,8,22H,7,9-21,34H2,1-2H3,(H,37,38). The zero-order chi connectivity index (χ0) is 33.1. The molecule has 0 atom stereocenters. The first-order chi connectivity index (χ1) is 22.4. The van der Waals surface area contributed by atoms with E-state index in [9.17, 15) is 14.7 Å². The van der Waals surface area contributed by atoms with E-state index in [1.165, 1.54) is 25.3 Å². The van der Waals surface area contributed by atoms with E-state index in [0.717, 1.165) is 11.0 Å². The summed E-state index contributed by atoms with van der Waals surface area (Å²) >= 11 is 2.27. The van der Waals surface area contributed by atoms with Crippen LogP contribution in [0.4, 0.5) is 5.69 Å². The van der Waals surface area contributed by atoms with Crippen LogP contribution in [0.1, 0.15) is 32.0 Å². The smallest absolute Gasteiger partial charge is 0.337 e. The van der Waals surface area contributed by atoms with Crippen LogP contribution < -0.4 is 15.2 Å². The number of carboxylic acid groups (broad SMARTS) is 1. The fourth-order valence-corrected chi connectivity index (χ4v) is 4.81. The number of carboxylic acids is 1. The molecule has 2 heterocycles. The van der Waals surface area contributed by atoms with Gasteiger partial charge < -0.3 is 53.1 Å². The number of nitrogens with zero attached hydrogens (tertiary/aromatic N) is 1. The van der Waals surface area contributed by atoms with E-state index in [1.807, 2.05) is 0 Å². The maximum Gasteiger partial charge on any atom is 0.337 e. The lowest BCUT2D eigenvalue weighted by Crippen LogP contribution is -2.15. The lowest BCUT2D eigenvalue weighted by molar-refractivity contribution is -0.0171. The van der Waals surface area contributed by atoms with Gasteiger partial charge in [-0.05, 0) is 37.3 Å². The highest BCUT2D eigenvalue weighted by atomic mass is 127. The second kappa shape index (κ2) is 21.0. The Labute approximate surface area is 282 Å². The van der Waals surface area contributed by atoms with Crippen molar-refractivity contribution in [3.63, 3.8) is 0 Å². The van der Waals surface area contributed by atoms with Crippen molar-refractivity contribution in [1.29, 1.82) is 0 Å². The lowest BCUT2D eigenvalue weighted by Gasteiger charge is -2.11. The third-order valence-corrected chi connectivity index (χ3v) is 7.08. The first-order valence-electron chi connectivity index (χ1n) is 14.9. The number of hydrogen-bond donors (Lipinski definition) is 2. The normalized spacial score (nSPS) is 11.3. The van der Waals surface area contributed by atoms with E-state index in [0.29, 0.717) is 101 Å². The summed E-state index contributed by atoms with van der Waals surface area (Å²) in [5.74, 6) is -0.592. The van der Waals surface area contributed by atoms with Gasteiger partial charge in [-0.1, -0.05) is 22.6 Å². The number of carbonyl (C=O) groups excluding carboxylic acids is 1. The second-order valence-corrected chi connectivity index (χ2v) is 10.8. The predicted molar refractivity (Wildman–Crippen MR) is 179 cm³/mol. The number of pyridine rings is 1. The molecule has 0 aliphatic rings. The van der Waals surface area contributed by atoms with Gasteiger partial charge in [-0.3, -0.25) is 4.79 Å². The van der Waals surface area contributed by atoms with Gasteiger partial charge in [-0.15, -0.1) is 0 Å². The molecule has 2 aromatic heterocycles. The monoisotopic (exact) mass is 758 g/mol. The summed E-state index contributed by atoms with van der Waals surface area (Å²) in [7, 11) is 1.52. The molecule has 0 aliphatic carbocycles. The van der Waals surface area contributed by atoms with Gasteiger partial charge >= 0.3 is 5.97 Å². The first-order valence-corrected chi connectivity index (χ1v) is 16.4. The van der Waals surface area contributed by atoms with Gasteiger partial charge in [0, 0.05) is 27.4 Å². The van der Waals surface area contributed by atoms with Crippen molar-refractivity contribution >= 4 is 45.5 Å². The maximum atomic E-state index is 13.6. The van der Waals surface area contributed by atoms with Crippen molar-refractivity contribution in [2.45, 2.75) is 6.92 Å². The van der Waals surface area contributed by atoms with Gasteiger partial charge in [0.2, 0.25) is 5.78 Å². The first kappa shape index (κ1) is 37.5.